The molecule has 0 aliphatic carbocycles. The molecule has 4 N–H and O–H groups in total. The monoisotopic (exact) mass is 274 g/mol. The molecule has 0 spiro atoms. The first-order valence-corrected chi connectivity index (χ1v) is 6.08. The minimum atomic E-state index is -1.25. The van der Waals surface area contributed by atoms with Crippen molar-refractivity contribution >= 4 is 18.0 Å². The molecule has 1 fully saturated rings. The molecule has 0 radical (unpaired) electrons. The number of hydrogen-bond donors (Lipinski definition) is 4. The van der Waals surface area contributed by atoms with E-state index in [0.717, 1.165) is 0 Å². The number of urea groups is 1. The zero-order valence-corrected chi connectivity index (χ0v) is 10.4. The minimum Gasteiger partial charge on any atom is -0.481 e. The highest BCUT2D eigenvalue weighted by atomic mass is 16.5. The van der Waals surface area contributed by atoms with Crippen molar-refractivity contribution in [3.8, 4) is 0 Å². The van der Waals surface area contributed by atoms with Crippen LogP contribution in [-0.2, 0) is 14.3 Å². The Balaban J connectivity index is 2.37. The molecule has 1 saturated heterocycles. The van der Waals surface area contributed by atoms with E-state index in [4.69, 9.17) is 14.9 Å². The van der Waals surface area contributed by atoms with Crippen molar-refractivity contribution in [3.05, 3.63) is 0 Å². The van der Waals surface area contributed by atoms with Crippen LogP contribution in [0.1, 0.15) is 25.7 Å². The Morgan fingerprint density at radius 3 is 2.37 bits per heavy atom. The maximum absolute atomic E-state index is 11.6. The molecule has 0 bridgehead atoms. The molecule has 1 heterocycles. The number of amides is 2. The van der Waals surface area contributed by atoms with Crippen LogP contribution >= 0.6 is 0 Å². The van der Waals surface area contributed by atoms with Crippen molar-refractivity contribution < 1.29 is 29.3 Å². The standard InChI is InChI=1S/C11H18N2O6/c14-9(15)2-1-8(10(16)17)13-11(18)12-7-3-5-19-6-4-7/h7-8H,1-6H2,(H,14,15)(H,16,17)(H2,12,13,18)/t8-/m0/s1. The lowest BCUT2D eigenvalue weighted by Crippen LogP contribution is -2.50. The summed E-state index contributed by atoms with van der Waals surface area (Å²) in [7, 11) is 0. The Morgan fingerprint density at radius 1 is 1.21 bits per heavy atom. The fourth-order valence-corrected chi connectivity index (χ4v) is 1.75. The number of ether oxygens (including phenoxy) is 1. The summed E-state index contributed by atoms with van der Waals surface area (Å²) < 4.78 is 5.13. The minimum absolute atomic E-state index is 0.0392. The van der Waals surface area contributed by atoms with E-state index >= 15 is 0 Å². The quantitative estimate of drug-likeness (QED) is 0.531. The van der Waals surface area contributed by atoms with Gasteiger partial charge < -0.3 is 25.6 Å². The molecule has 0 saturated carbocycles. The van der Waals surface area contributed by atoms with Gasteiger partial charge in [0, 0.05) is 25.7 Å². The van der Waals surface area contributed by atoms with E-state index in [1.807, 2.05) is 0 Å². The first-order valence-electron chi connectivity index (χ1n) is 6.08. The molecular formula is C11H18N2O6. The van der Waals surface area contributed by atoms with Crippen molar-refractivity contribution in [1.29, 1.82) is 0 Å². The number of carboxylic acids is 2. The molecule has 108 valence electrons. The van der Waals surface area contributed by atoms with Gasteiger partial charge in [-0.15, -0.1) is 0 Å². The summed E-state index contributed by atoms with van der Waals surface area (Å²) in [6.45, 7) is 1.12. The molecule has 19 heavy (non-hydrogen) atoms. The highest BCUT2D eigenvalue weighted by Gasteiger charge is 2.22. The van der Waals surface area contributed by atoms with Crippen LogP contribution in [0.15, 0.2) is 0 Å². The Bertz CT molecular complexity index is 340. The van der Waals surface area contributed by atoms with Crippen molar-refractivity contribution in [3.63, 3.8) is 0 Å². The third-order valence-electron chi connectivity index (χ3n) is 2.81. The first kappa shape index (κ1) is 15.2. The van der Waals surface area contributed by atoms with Gasteiger partial charge >= 0.3 is 18.0 Å². The van der Waals surface area contributed by atoms with Gasteiger partial charge in [0.2, 0.25) is 0 Å². The lowest BCUT2D eigenvalue weighted by molar-refractivity contribution is -0.140. The second-order valence-corrected chi connectivity index (χ2v) is 4.33. The highest BCUT2D eigenvalue weighted by molar-refractivity contribution is 5.83. The van der Waals surface area contributed by atoms with Crippen LogP contribution in [0.4, 0.5) is 4.79 Å². The summed E-state index contributed by atoms with van der Waals surface area (Å²) in [6, 6.07) is -1.83. The van der Waals surface area contributed by atoms with Gasteiger partial charge in [-0.2, -0.15) is 0 Å². The number of hydrogen-bond acceptors (Lipinski definition) is 4. The van der Waals surface area contributed by atoms with Crippen LogP contribution in [-0.4, -0.2) is 53.5 Å². The van der Waals surface area contributed by atoms with E-state index in [1.165, 1.54) is 0 Å². The van der Waals surface area contributed by atoms with Crippen LogP contribution < -0.4 is 10.6 Å². The molecule has 8 nitrogen and oxygen atoms in total. The third-order valence-corrected chi connectivity index (χ3v) is 2.81. The molecule has 1 rings (SSSR count). The number of carbonyl (C=O) groups is 3. The highest BCUT2D eigenvalue weighted by Crippen LogP contribution is 2.06. The summed E-state index contributed by atoms with van der Waals surface area (Å²) in [5, 5.41) is 22.3. The van der Waals surface area contributed by atoms with Crippen molar-refractivity contribution in [1.82, 2.24) is 10.6 Å². The number of rotatable bonds is 6. The van der Waals surface area contributed by atoms with Crippen LogP contribution in [0.2, 0.25) is 0 Å². The van der Waals surface area contributed by atoms with E-state index in [-0.39, 0.29) is 18.9 Å². The fraction of sp³-hybridized carbons (Fsp3) is 0.727. The third kappa shape index (κ3) is 6.05. The average Bonchev–Trinajstić information content (AvgIpc) is 2.35. The summed E-state index contributed by atoms with van der Waals surface area (Å²) >= 11 is 0. The molecule has 1 atom stereocenters. The van der Waals surface area contributed by atoms with E-state index in [1.54, 1.807) is 0 Å². The predicted octanol–water partition coefficient (Wildman–Crippen LogP) is -0.217. The summed E-state index contributed by atoms with van der Waals surface area (Å²) in [6.07, 6.45) is 0.904. The summed E-state index contributed by atoms with van der Waals surface area (Å²) in [4.78, 5) is 32.9. The summed E-state index contributed by atoms with van der Waals surface area (Å²) in [5.41, 5.74) is 0. The van der Waals surface area contributed by atoms with Crippen molar-refractivity contribution in [2.24, 2.45) is 0 Å². The molecule has 0 aromatic carbocycles. The Kier molecular flexibility index (Phi) is 6.07. The molecule has 2 amide bonds. The molecule has 0 aromatic rings. The van der Waals surface area contributed by atoms with Gasteiger partial charge in [-0.25, -0.2) is 9.59 Å². The van der Waals surface area contributed by atoms with Gasteiger partial charge in [0.25, 0.3) is 0 Å². The van der Waals surface area contributed by atoms with Crippen LogP contribution in [0.3, 0.4) is 0 Å². The number of carbonyl (C=O) groups excluding carboxylic acids is 1. The maximum Gasteiger partial charge on any atom is 0.326 e. The van der Waals surface area contributed by atoms with E-state index in [2.05, 4.69) is 10.6 Å². The molecule has 8 heteroatoms. The smallest absolute Gasteiger partial charge is 0.326 e. The Labute approximate surface area is 110 Å². The SMILES string of the molecule is O=C(O)CC[C@H](NC(=O)NC1CCOCC1)C(=O)O. The van der Waals surface area contributed by atoms with Gasteiger partial charge in [0.05, 0.1) is 0 Å². The Morgan fingerprint density at radius 2 is 1.84 bits per heavy atom. The van der Waals surface area contributed by atoms with Crippen LogP contribution in [0.5, 0.6) is 0 Å². The van der Waals surface area contributed by atoms with Crippen molar-refractivity contribution in [2.75, 3.05) is 13.2 Å². The lowest BCUT2D eigenvalue weighted by atomic mass is 10.1. The van der Waals surface area contributed by atoms with Gasteiger partial charge in [0.1, 0.15) is 6.04 Å². The summed E-state index contributed by atoms with van der Waals surface area (Å²) in [5.74, 6) is -2.35. The van der Waals surface area contributed by atoms with E-state index in [9.17, 15) is 14.4 Å². The van der Waals surface area contributed by atoms with E-state index in [0.29, 0.717) is 26.1 Å². The normalized spacial score (nSPS) is 17.5. The molecular weight excluding hydrogens is 256 g/mol. The zero-order valence-electron chi connectivity index (χ0n) is 10.4. The second-order valence-electron chi connectivity index (χ2n) is 4.33. The predicted molar refractivity (Wildman–Crippen MR) is 63.8 cm³/mol. The van der Waals surface area contributed by atoms with Gasteiger partial charge in [-0.1, -0.05) is 0 Å². The largest absolute Gasteiger partial charge is 0.481 e. The topological polar surface area (TPSA) is 125 Å². The molecule has 0 unspecified atom stereocenters. The fourth-order valence-electron chi connectivity index (χ4n) is 1.75. The number of carboxylic acid groups (broad SMARTS) is 2. The zero-order chi connectivity index (χ0) is 14.3. The van der Waals surface area contributed by atoms with Crippen LogP contribution in [0.25, 0.3) is 0 Å². The number of nitrogens with one attached hydrogen (secondary N) is 2. The maximum atomic E-state index is 11.6. The van der Waals surface area contributed by atoms with Gasteiger partial charge in [-0.3, -0.25) is 4.79 Å². The first-order chi connectivity index (χ1) is 8.99. The van der Waals surface area contributed by atoms with Crippen LogP contribution in [0, 0.1) is 0 Å². The molecule has 0 aromatic heterocycles. The molecule has 1 aliphatic heterocycles. The second kappa shape index (κ2) is 7.57. The number of aliphatic carboxylic acids is 2. The van der Waals surface area contributed by atoms with Gasteiger partial charge in [0.15, 0.2) is 0 Å². The Hall–Kier alpha value is -1.83. The lowest BCUT2D eigenvalue weighted by Gasteiger charge is -2.24. The average molecular weight is 274 g/mol. The van der Waals surface area contributed by atoms with Gasteiger partial charge in [-0.05, 0) is 19.3 Å². The van der Waals surface area contributed by atoms with E-state index < -0.39 is 24.0 Å². The molecule has 1 aliphatic rings. The van der Waals surface area contributed by atoms with Crippen molar-refractivity contribution in [2.45, 2.75) is 37.8 Å².